The van der Waals surface area contributed by atoms with Crippen LogP contribution in [0.4, 0.5) is 5.69 Å². The first kappa shape index (κ1) is 8.17. The van der Waals surface area contributed by atoms with E-state index in [4.69, 9.17) is 5.73 Å². The van der Waals surface area contributed by atoms with Gasteiger partial charge in [0.2, 0.25) is 0 Å². The fourth-order valence-corrected chi connectivity index (χ4v) is 1.88. The van der Waals surface area contributed by atoms with Crippen molar-refractivity contribution in [1.82, 2.24) is 0 Å². The van der Waals surface area contributed by atoms with Gasteiger partial charge in [-0.25, -0.2) is 0 Å². The van der Waals surface area contributed by atoms with Crippen LogP contribution in [0.15, 0.2) is 18.7 Å². The molecule has 1 aliphatic heterocycles. The molecule has 2 rings (SSSR count). The molecule has 1 aromatic rings. The zero-order chi connectivity index (χ0) is 9.42. The van der Waals surface area contributed by atoms with E-state index in [1.807, 2.05) is 0 Å². The van der Waals surface area contributed by atoms with Gasteiger partial charge >= 0.3 is 0 Å². The van der Waals surface area contributed by atoms with E-state index in [1.165, 1.54) is 16.8 Å². The minimum atomic E-state index is 0.667. The second-order valence-corrected chi connectivity index (χ2v) is 3.49. The standard InChI is InChI=1S/C11H14N2/c1-7-3-4-9(8(2)12)10-5-6-13-11(7)10/h3-4,13H,2,5-6,12H2,1H3. The van der Waals surface area contributed by atoms with Crippen molar-refractivity contribution in [3.8, 4) is 0 Å². The van der Waals surface area contributed by atoms with E-state index < -0.39 is 0 Å². The van der Waals surface area contributed by atoms with E-state index in [2.05, 4.69) is 31.0 Å². The first-order valence-electron chi connectivity index (χ1n) is 4.51. The van der Waals surface area contributed by atoms with Crippen LogP contribution in [-0.4, -0.2) is 6.54 Å². The van der Waals surface area contributed by atoms with Crippen molar-refractivity contribution in [2.75, 3.05) is 11.9 Å². The van der Waals surface area contributed by atoms with Crippen molar-refractivity contribution in [2.24, 2.45) is 5.73 Å². The molecule has 1 aromatic carbocycles. The average Bonchev–Trinajstić information content (AvgIpc) is 2.53. The first-order chi connectivity index (χ1) is 6.20. The summed E-state index contributed by atoms with van der Waals surface area (Å²) in [6, 6.07) is 4.15. The van der Waals surface area contributed by atoms with E-state index in [9.17, 15) is 0 Å². The molecule has 2 nitrogen and oxygen atoms in total. The van der Waals surface area contributed by atoms with Crippen LogP contribution in [0.2, 0.25) is 0 Å². The van der Waals surface area contributed by atoms with Crippen molar-refractivity contribution < 1.29 is 0 Å². The molecule has 0 amide bonds. The highest BCUT2D eigenvalue weighted by atomic mass is 14.9. The van der Waals surface area contributed by atoms with E-state index in [0.29, 0.717) is 5.70 Å². The molecule has 1 aliphatic rings. The summed E-state index contributed by atoms with van der Waals surface area (Å²) < 4.78 is 0. The van der Waals surface area contributed by atoms with E-state index in [-0.39, 0.29) is 0 Å². The number of fused-ring (bicyclic) bond motifs is 1. The second-order valence-electron chi connectivity index (χ2n) is 3.49. The predicted octanol–water partition coefficient (Wildman–Crippen LogP) is 1.89. The lowest BCUT2D eigenvalue weighted by Crippen LogP contribution is -1.98. The molecular weight excluding hydrogens is 160 g/mol. The summed E-state index contributed by atoms with van der Waals surface area (Å²) in [6.07, 6.45) is 1.06. The highest BCUT2D eigenvalue weighted by Gasteiger charge is 2.16. The molecule has 0 bridgehead atoms. The zero-order valence-corrected chi connectivity index (χ0v) is 7.85. The van der Waals surface area contributed by atoms with Gasteiger partial charge in [-0.3, -0.25) is 0 Å². The monoisotopic (exact) mass is 174 g/mol. The maximum Gasteiger partial charge on any atom is 0.0410 e. The van der Waals surface area contributed by atoms with Crippen molar-refractivity contribution >= 4 is 11.4 Å². The predicted molar refractivity (Wildman–Crippen MR) is 56.6 cm³/mol. The van der Waals surface area contributed by atoms with Gasteiger partial charge in [0.15, 0.2) is 0 Å². The fraction of sp³-hybridized carbons (Fsp3) is 0.273. The Morgan fingerprint density at radius 3 is 3.00 bits per heavy atom. The Balaban J connectivity index is 2.62. The van der Waals surface area contributed by atoms with Crippen molar-refractivity contribution in [3.63, 3.8) is 0 Å². The van der Waals surface area contributed by atoms with Crippen LogP contribution in [0.25, 0.3) is 5.70 Å². The Kier molecular flexibility index (Phi) is 1.76. The highest BCUT2D eigenvalue weighted by molar-refractivity contribution is 5.74. The van der Waals surface area contributed by atoms with Crippen LogP contribution in [-0.2, 0) is 6.42 Å². The van der Waals surface area contributed by atoms with Crippen LogP contribution >= 0.6 is 0 Å². The Labute approximate surface area is 78.5 Å². The smallest absolute Gasteiger partial charge is 0.0410 e. The molecule has 0 radical (unpaired) electrons. The van der Waals surface area contributed by atoms with Gasteiger partial charge in [0.05, 0.1) is 0 Å². The molecule has 0 aromatic heterocycles. The Morgan fingerprint density at radius 1 is 1.54 bits per heavy atom. The maximum absolute atomic E-state index is 5.71. The number of nitrogens with two attached hydrogens (primary N) is 1. The summed E-state index contributed by atoms with van der Waals surface area (Å²) in [7, 11) is 0. The summed E-state index contributed by atoms with van der Waals surface area (Å²) in [4.78, 5) is 0. The zero-order valence-electron chi connectivity index (χ0n) is 7.85. The summed E-state index contributed by atoms with van der Waals surface area (Å²) in [6.45, 7) is 6.91. The van der Waals surface area contributed by atoms with E-state index >= 15 is 0 Å². The summed E-state index contributed by atoms with van der Waals surface area (Å²) in [5, 5.41) is 3.37. The molecule has 0 atom stereocenters. The van der Waals surface area contributed by atoms with Crippen LogP contribution < -0.4 is 11.1 Å². The van der Waals surface area contributed by atoms with Gasteiger partial charge in [0.1, 0.15) is 0 Å². The molecule has 0 unspecified atom stereocenters. The van der Waals surface area contributed by atoms with Crippen molar-refractivity contribution in [2.45, 2.75) is 13.3 Å². The fourth-order valence-electron chi connectivity index (χ4n) is 1.88. The van der Waals surface area contributed by atoms with Crippen LogP contribution in [0.3, 0.4) is 0 Å². The van der Waals surface area contributed by atoms with Crippen molar-refractivity contribution in [3.05, 3.63) is 35.4 Å². The van der Waals surface area contributed by atoms with Gasteiger partial charge in [-0.15, -0.1) is 0 Å². The summed E-state index contributed by atoms with van der Waals surface area (Å²) in [5.41, 5.74) is 11.4. The third kappa shape index (κ3) is 1.18. The van der Waals surface area contributed by atoms with Gasteiger partial charge in [-0.2, -0.15) is 0 Å². The normalized spacial score (nSPS) is 13.6. The minimum absolute atomic E-state index is 0.667. The van der Waals surface area contributed by atoms with Crippen LogP contribution in [0.1, 0.15) is 16.7 Å². The third-order valence-corrected chi connectivity index (χ3v) is 2.54. The highest BCUT2D eigenvalue weighted by Crippen LogP contribution is 2.30. The third-order valence-electron chi connectivity index (χ3n) is 2.54. The number of nitrogens with one attached hydrogen (secondary N) is 1. The molecule has 0 saturated heterocycles. The Morgan fingerprint density at radius 2 is 2.31 bits per heavy atom. The van der Waals surface area contributed by atoms with Gasteiger partial charge in [-0.1, -0.05) is 18.7 Å². The topological polar surface area (TPSA) is 38.0 Å². The average molecular weight is 174 g/mol. The summed E-state index contributed by atoms with van der Waals surface area (Å²) >= 11 is 0. The largest absolute Gasteiger partial charge is 0.399 e. The molecule has 0 aliphatic carbocycles. The lowest BCUT2D eigenvalue weighted by molar-refractivity contribution is 1.10. The second kappa shape index (κ2) is 2.80. The number of anilines is 1. The van der Waals surface area contributed by atoms with Crippen LogP contribution in [0, 0.1) is 6.92 Å². The summed E-state index contributed by atoms with van der Waals surface area (Å²) in [5.74, 6) is 0. The van der Waals surface area contributed by atoms with E-state index in [1.54, 1.807) is 0 Å². The number of rotatable bonds is 1. The molecule has 0 fully saturated rings. The van der Waals surface area contributed by atoms with E-state index in [0.717, 1.165) is 18.5 Å². The van der Waals surface area contributed by atoms with Crippen molar-refractivity contribution in [1.29, 1.82) is 0 Å². The number of benzene rings is 1. The molecule has 0 spiro atoms. The minimum Gasteiger partial charge on any atom is -0.399 e. The molecular formula is C11H14N2. The number of hydrogen-bond donors (Lipinski definition) is 2. The molecule has 2 heteroatoms. The molecule has 1 heterocycles. The molecule has 68 valence electrons. The Bertz CT molecular complexity index is 367. The van der Waals surface area contributed by atoms with Crippen LogP contribution in [0.5, 0.6) is 0 Å². The quantitative estimate of drug-likeness (QED) is 0.682. The number of aryl methyl sites for hydroxylation is 1. The Hall–Kier alpha value is -1.44. The lowest BCUT2D eigenvalue weighted by Gasteiger charge is -2.09. The maximum atomic E-state index is 5.71. The molecule has 3 N–H and O–H groups in total. The van der Waals surface area contributed by atoms with Gasteiger partial charge < -0.3 is 11.1 Å². The number of hydrogen-bond acceptors (Lipinski definition) is 2. The first-order valence-corrected chi connectivity index (χ1v) is 4.51. The molecule has 13 heavy (non-hydrogen) atoms. The van der Waals surface area contributed by atoms with Gasteiger partial charge in [0.25, 0.3) is 0 Å². The lowest BCUT2D eigenvalue weighted by atomic mass is 10.00. The SMILES string of the molecule is C=C(N)c1ccc(C)c2c1CCN2. The van der Waals surface area contributed by atoms with Gasteiger partial charge in [-0.05, 0) is 24.5 Å². The molecule has 0 saturated carbocycles. The van der Waals surface area contributed by atoms with Gasteiger partial charge in [0, 0.05) is 23.5 Å².